The molecule has 3 aromatic carbocycles. The van der Waals surface area contributed by atoms with Gasteiger partial charge in [0.15, 0.2) is 0 Å². The van der Waals surface area contributed by atoms with Gasteiger partial charge in [0.2, 0.25) is 6.41 Å². The number of allylic oxidation sites excluding steroid dienone is 1. The van der Waals surface area contributed by atoms with E-state index in [4.69, 9.17) is 4.74 Å². The highest BCUT2D eigenvalue weighted by Gasteiger charge is 2.44. The summed E-state index contributed by atoms with van der Waals surface area (Å²) < 4.78 is 5.79. The van der Waals surface area contributed by atoms with Gasteiger partial charge in [0.1, 0.15) is 11.4 Å². The predicted octanol–water partition coefficient (Wildman–Crippen LogP) is 5.19. The zero-order chi connectivity index (χ0) is 22.4. The number of hydrogen-bond donors (Lipinski definition) is 1. The Morgan fingerprint density at radius 2 is 1.34 bits per heavy atom. The Kier molecular flexibility index (Phi) is 6.24. The lowest BCUT2D eigenvalue weighted by atomic mass is 9.75. The Hall–Kier alpha value is -3.63. The van der Waals surface area contributed by atoms with Gasteiger partial charge in [-0.25, -0.2) is 0 Å². The van der Waals surface area contributed by atoms with Crippen LogP contribution in [0.25, 0.3) is 0 Å². The fraction of sp³-hybridized carbons (Fsp3) is 0.179. The molecule has 4 rings (SSSR count). The molecule has 1 aliphatic heterocycles. The quantitative estimate of drug-likeness (QED) is 0.400. The molecule has 0 fully saturated rings. The molecule has 1 amide bonds. The van der Waals surface area contributed by atoms with Crippen LogP contribution in [0.3, 0.4) is 0 Å². The zero-order valence-corrected chi connectivity index (χ0v) is 18.4. The fourth-order valence-electron chi connectivity index (χ4n) is 4.37. The summed E-state index contributed by atoms with van der Waals surface area (Å²) in [5.41, 5.74) is 1.66. The number of nitrogens with one attached hydrogen (secondary N) is 1. The molecule has 32 heavy (non-hydrogen) atoms. The summed E-state index contributed by atoms with van der Waals surface area (Å²) in [6.45, 7) is 4.50. The summed E-state index contributed by atoms with van der Waals surface area (Å²) in [5, 5.41) is 3.87. The number of carbonyl (C=O) groups excluding carboxylic acids is 1. The standard InChI is InChI=1S/C28H28N2O2/c1-3-32-26-19-20-30(22-31)27(2,21-26)29-28(23-13-7-4-8-14-23,24-15-9-5-10-16-24)25-17-11-6-12-18-25/h4-22,29H,3H2,1-2H3. The van der Waals surface area contributed by atoms with E-state index in [1.165, 1.54) is 0 Å². The third-order valence-corrected chi connectivity index (χ3v) is 5.84. The van der Waals surface area contributed by atoms with E-state index in [9.17, 15) is 4.79 Å². The molecule has 0 spiro atoms. The molecule has 0 radical (unpaired) electrons. The average Bonchev–Trinajstić information content (AvgIpc) is 2.84. The summed E-state index contributed by atoms with van der Waals surface area (Å²) in [6.07, 6.45) is 6.39. The molecule has 0 saturated carbocycles. The lowest BCUT2D eigenvalue weighted by Gasteiger charge is -2.47. The molecular formula is C28H28N2O2. The summed E-state index contributed by atoms with van der Waals surface area (Å²) >= 11 is 0. The third-order valence-electron chi connectivity index (χ3n) is 5.84. The van der Waals surface area contributed by atoms with E-state index in [2.05, 4.69) is 41.7 Å². The molecule has 4 nitrogen and oxygen atoms in total. The van der Waals surface area contributed by atoms with Crippen molar-refractivity contribution in [3.05, 3.63) is 132 Å². The van der Waals surface area contributed by atoms with Crippen LogP contribution in [0.4, 0.5) is 0 Å². The van der Waals surface area contributed by atoms with Crippen molar-refractivity contribution >= 4 is 6.41 Å². The maximum Gasteiger partial charge on any atom is 0.215 e. The molecule has 1 atom stereocenters. The minimum absolute atomic E-state index is 0.550. The second-order valence-electron chi connectivity index (χ2n) is 7.93. The van der Waals surface area contributed by atoms with Crippen LogP contribution in [0, 0.1) is 0 Å². The number of nitrogens with zero attached hydrogens (tertiary/aromatic N) is 1. The van der Waals surface area contributed by atoms with Crippen LogP contribution in [0.15, 0.2) is 115 Å². The maximum atomic E-state index is 12.1. The lowest BCUT2D eigenvalue weighted by molar-refractivity contribution is -0.120. The van der Waals surface area contributed by atoms with E-state index in [1.807, 2.05) is 80.6 Å². The van der Waals surface area contributed by atoms with E-state index >= 15 is 0 Å². The SMILES string of the molecule is CCOC1=CC(C)(NC(c2ccccc2)(c2ccccc2)c2ccccc2)N(C=O)C=C1. The second-order valence-corrected chi connectivity index (χ2v) is 7.93. The molecule has 1 heterocycles. The number of benzene rings is 3. The second kappa shape index (κ2) is 9.25. The highest BCUT2D eigenvalue weighted by Crippen LogP contribution is 2.40. The van der Waals surface area contributed by atoms with Crippen LogP contribution in [0.5, 0.6) is 0 Å². The van der Waals surface area contributed by atoms with Crippen molar-refractivity contribution in [1.29, 1.82) is 0 Å². The first-order chi connectivity index (χ1) is 15.6. The number of hydrogen-bond acceptors (Lipinski definition) is 3. The first-order valence-electron chi connectivity index (χ1n) is 10.9. The Bertz CT molecular complexity index is 997. The average molecular weight is 425 g/mol. The highest BCUT2D eigenvalue weighted by molar-refractivity contribution is 5.56. The van der Waals surface area contributed by atoms with Gasteiger partial charge < -0.3 is 4.74 Å². The normalized spacial score (nSPS) is 18.2. The smallest absolute Gasteiger partial charge is 0.215 e. The molecule has 0 aliphatic carbocycles. The van der Waals surface area contributed by atoms with E-state index in [-0.39, 0.29) is 0 Å². The Morgan fingerprint density at radius 1 is 0.875 bits per heavy atom. The molecule has 0 aromatic heterocycles. The van der Waals surface area contributed by atoms with Crippen LogP contribution >= 0.6 is 0 Å². The fourth-order valence-corrected chi connectivity index (χ4v) is 4.37. The topological polar surface area (TPSA) is 41.6 Å². The number of ether oxygens (including phenoxy) is 1. The van der Waals surface area contributed by atoms with Gasteiger partial charge in [0.25, 0.3) is 0 Å². The molecule has 1 unspecified atom stereocenters. The molecule has 1 aliphatic rings. The van der Waals surface area contributed by atoms with Crippen LogP contribution in [-0.4, -0.2) is 23.6 Å². The predicted molar refractivity (Wildman–Crippen MR) is 128 cm³/mol. The zero-order valence-electron chi connectivity index (χ0n) is 18.4. The number of amides is 1. The molecule has 0 bridgehead atoms. The number of carbonyl (C=O) groups is 1. The van der Waals surface area contributed by atoms with Gasteiger partial charge in [0.05, 0.1) is 12.1 Å². The van der Waals surface area contributed by atoms with E-state index in [0.717, 1.165) is 28.9 Å². The largest absolute Gasteiger partial charge is 0.494 e. The van der Waals surface area contributed by atoms with Gasteiger partial charge in [-0.3, -0.25) is 15.0 Å². The number of rotatable bonds is 8. The van der Waals surface area contributed by atoms with E-state index in [1.54, 1.807) is 11.1 Å². The van der Waals surface area contributed by atoms with Crippen molar-refractivity contribution in [2.75, 3.05) is 6.61 Å². The van der Waals surface area contributed by atoms with E-state index < -0.39 is 11.2 Å². The van der Waals surface area contributed by atoms with Crippen LogP contribution < -0.4 is 5.32 Å². The van der Waals surface area contributed by atoms with Gasteiger partial charge in [-0.05, 0) is 42.7 Å². The van der Waals surface area contributed by atoms with E-state index in [0.29, 0.717) is 6.61 Å². The molecule has 3 aromatic rings. The monoisotopic (exact) mass is 424 g/mol. The summed E-state index contributed by atoms with van der Waals surface area (Å²) in [5.74, 6) is 0.726. The Labute approximate surface area is 189 Å². The maximum absolute atomic E-state index is 12.1. The highest BCUT2D eigenvalue weighted by atomic mass is 16.5. The molecule has 1 N–H and O–H groups in total. The first kappa shape index (κ1) is 21.6. The molecule has 0 saturated heterocycles. The molecule has 4 heteroatoms. The third kappa shape index (κ3) is 3.97. The van der Waals surface area contributed by atoms with Gasteiger partial charge in [-0.15, -0.1) is 0 Å². The van der Waals surface area contributed by atoms with Gasteiger partial charge >= 0.3 is 0 Å². The molecule has 162 valence electrons. The minimum Gasteiger partial charge on any atom is -0.494 e. The first-order valence-corrected chi connectivity index (χ1v) is 10.9. The summed E-state index contributed by atoms with van der Waals surface area (Å²) in [4.78, 5) is 13.7. The van der Waals surface area contributed by atoms with Crippen molar-refractivity contribution in [3.63, 3.8) is 0 Å². The van der Waals surface area contributed by atoms with Gasteiger partial charge in [-0.1, -0.05) is 91.0 Å². The summed E-state index contributed by atoms with van der Waals surface area (Å²) in [6, 6.07) is 31.0. The molecular weight excluding hydrogens is 396 g/mol. The van der Waals surface area contributed by atoms with Crippen molar-refractivity contribution < 1.29 is 9.53 Å². The Balaban J connectivity index is 1.98. The van der Waals surface area contributed by atoms with Gasteiger partial charge in [-0.2, -0.15) is 0 Å². The lowest BCUT2D eigenvalue weighted by Crippen LogP contribution is -2.62. The van der Waals surface area contributed by atoms with Crippen molar-refractivity contribution in [2.45, 2.75) is 25.0 Å². The Morgan fingerprint density at radius 3 is 1.75 bits per heavy atom. The van der Waals surface area contributed by atoms with Crippen LogP contribution in [0.1, 0.15) is 30.5 Å². The minimum atomic E-state index is -0.845. The van der Waals surface area contributed by atoms with Crippen molar-refractivity contribution in [3.8, 4) is 0 Å². The van der Waals surface area contributed by atoms with Crippen LogP contribution in [0.2, 0.25) is 0 Å². The van der Waals surface area contributed by atoms with Crippen molar-refractivity contribution in [2.24, 2.45) is 0 Å². The van der Waals surface area contributed by atoms with Gasteiger partial charge in [0, 0.05) is 6.20 Å². The van der Waals surface area contributed by atoms with Crippen LogP contribution in [-0.2, 0) is 15.1 Å². The summed E-state index contributed by atoms with van der Waals surface area (Å²) in [7, 11) is 0. The van der Waals surface area contributed by atoms with Crippen molar-refractivity contribution in [1.82, 2.24) is 10.2 Å².